The molecule has 6 heteroatoms. The van der Waals surface area contributed by atoms with Crippen LogP contribution in [-0.2, 0) is 9.59 Å². The monoisotopic (exact) mass is 333 g/mol. The first-order valence-corrected chi connectivity index (χ1v) is 8.73. The zero-order chi connectivity index (χ0) is 17.0. The highest BCUT2D eigenvalue weighted by Gasteiger charge is 2.38. The fourth-order valence-corrected chi connectivity index (χ4v) is 3.69. The average molecular weight is 333 g/mol. The van der Waals surface area contributed by atoms with Gasteiger partial charge in [-0.25, -0.2) is 0 Å². The summed E-state index contributed by atoms with van der Waals surface area (Å²) in [6, 6.07) is 5.93. The van der Waals surface area contributed by atoms with E-state index in [0.717, 1.165) is 22.0 Å². The summed E-state index contributed by atoms with van der Waals surface area (Å²) in [4.78, 5) is 30.7. The Bertz CT molecular complexity index is 643. The van der Waals surface area contributed by atoms with Gasteiger partial charge >= 0.3 is 0 Å². The molecule has 2 rings (SSSR count). The minimum atomic E-state index is -0.384. The minimum Gasteiger partial charge on any atom is -0.326 e. The Labute approximate surface area is 141 Å². The number of amidine groups is 1. The van der Waals surface area contributed by atoms with Crippen LogP contribution < -0.4 is 5.32 Å². The van der Waals surface area contributed by atoms with Gasteiger partial charge in [0.05, 0.1) is 0 Å². The van der Waals surface area contributed by atoms with E-state index >= 15 is 0 Å². The normalized spacial score (nSPS) is 19.5. The molecule has 23 heavy (non-hydrogen) atoms. The summed E-state index contributed by atoms with van der Waals surface area (Å²) in [5.74, 6) is -0.167. The highest BCUT2D eigenvalue weighted by molar-refractivity contribution is 8.15. The summed E-state index contributed by atoms with van der Waals surface area (Å²) in [5.41, 5.74) is 2.91. The van der Waals surface area contributed by atoms with Crippen molar-refractivity contribution < 1.29 is 9.59 Å². The van der Waals surface area contributed by atoms with Gasteiger partial charge in [0, 0.05) is 25.2 Å². The number of nitrogens with zero attached hydrogens (tertiary/aromatic N) is 2. The number of aliphatic imine (C=N–C) groups is 1. The molecule has 0 spiro atoms. The van der Waals surface area contributed by atoms with Crippen molar-refractivity contribution in [2.45, 2.75) is 39.4 Å². The summed E-state index contributed by atoms with van der Waals surface area (Å²) >= 11 is 1.39. The average Bonchev–Trinajstić information content (AvgIpc) is 2.78. The van der Waals surface area contributed by atoms with Crippen molar-refractivity contribution in [3.8, 4) is 0 Å². The third kappa shape index (κ3) is 4.13. The number of rotatable bonds is 5. The lowest BCUT2D eigenvalue weighted by molar-refractivity contribution is -0.128. The molecule has 0 unspecified atom stereocenters. The number of carbonyl (C=O) groups is 2. The fourth-order valence-electron chi connectivity index (χ4n) is 2.43. The largest absolute Gasteiger partial charge is 0.326 e. The molecule has 1 atom stereocenters. The number of carbonyl (C=O) groups excluding carboxylic acids is 2. The van der Waals surface area contributed by atoms with Crippen LogP contribution >= 0.6 is 11.8 Å². The van der Waals surface area contributed by atoms with Gasteiger partial charge in [0.15, 0.2) is 5.17 Å². The second-order valence-electron chi connectivity index (χ2n) is 5.52. The molecule has 0 saturated carbocycles. The van der Waals surface area contributed by atoms with Crippen LogP contribution in [0.1, 0.15) is 31.4 Å². The lowest BCUT2D eigenvalue weighted by Crippen LogP contribution is -2.33. The number of benzene rings is 1. The summed E-state index contributed by atoms with van der Waals surface area (Å²) in [7, 11) is 0. The van der Waals surface area contributed by atoms with E-state index in [1.807, 2.05) is 45.9 Å². The van der Waals surface area contributed by atoms with Crippen molar-refractivity contribution in [3.63, 3.8) is 0 Å². The van der Waals surface area contributed by atoms with Gasteiger partial charge in [-0.1, -0.05) is 23.9 Å². The minimum absolute atomic E-state index is 0.0270. The van der Waals surface area contributed by atoms with Crippen LogP contribution in [0.5, 0.6) is 0 Å². The maximum Gasteiger partial charge on any atom is 0.242 e. The summed E-state index contributed by atoms with van der Waals surface area (Å²) in [6.07, 6.45) is 0.163. The quantitative estimate of drug-likeness (QED) is 0.901. The van der Waals surface area contributed by atoms with E-state index in [0.29, 0.717) is 13.1 Å². The summed E-state index contributed by atoms with van der Waals surface area (Å²) in [6.45, 7) is 9.01. The van der Waals surface area contributed by atoms with Crippen molar-refractivity contribution in [1.82, 2.24) is 4.90 Å². The Morgan fingerprint density at radius 1 is 1.35 bits per heavy atom. The highest BCUT2D eigenvalue weighted by atomic mass is 32.2. The molecule has 0 radical (unpaired) electrons. The molecule has 0 bridgehead atoms. The van der Waals surface area contributed by atoms with Gasteiger partial charge in [-0.2, -0.15) is 0 Å². The van der Waals surface area contributed by atoms with Crippen molar-refractivity contribution >= 4 is 34.4 Å². The van der Waals surface area contributed by atoms with Crippen LogP contribution in [0.3, 0.4) is 0 Å². The molecule has 124 valence electrons. The maximum absolute atomic E-state index is 12.4. The number of thioether (sulfide) groups is 1. The molecule has 0 aromatic heterocycles. The van der Waals surface area contributed by atoms with Crippen LogP contribution in [0.25, 0.3) is 0 Å². The lowest BCUT2D eigenvalue weighted by atomic mass is 10.1. The van der Waals surface area contributed by atoms with Gasteiger partial charge < -0.3 is 5.32 Å². The molecular formula is C17H23N3O2S. The standard InChI is InChI=1S/C17H23N3O2S/c1-5-18-17-20(6-2)16(22)14(23-17)10-15(21)19-13-9-11(3)7-8-12(13)4/h7-9,14H,5-6,10H2,1-4H3,(H,19,21)/t14-/m0/s1. The maximum atomic E-state index is 12.4. The highest BCUT2D eigenvalue weighted by Crippen LogP contribution is 2.29. The van der Waals surface area contributed by atoms with E-state index in [1.54, 1.807) is 4.90 Å². The third-order valence-electron chi connectivity index (χ3n) is 3.67. The van der Waals surface area contributed by atoms with Crippen molar-refractivity contribution in [1.29, 1.82) is 0 Å². The van der Waals surface area contributed by atoms with Gasteiger partial charge in [0.1, 0.15) is 5.25 Å². The molecular weight excluding hydrogens is 310 g/mol. The molecule has 1 heterocycles. The number of nitrogens with one attached hydrogen (secondary N) is 1. The Morgan fingerprint density at radius 2 is 2.09 bits per heavy atom. The first kappa shape index (κ1) is 17.5. The summed E-state index contributed by atoms with van der Waals surface area (Å²) in [5, 5.41) is 3.26. The van der Waals surface area contributed by atoms with Crippen LogP contribution in [0.4, 0.5) is 5.69 Å². The second-order valence-corrected chi connectivity index (χ2v) is 6.69. The van der Waals surface area contributed by atoms with Gasteiger partial charge in [-0.3, -0.25) is 19.5 Å². The number of hydrogen-bond acceptors (Lipinski definition) is 4. The molecule has 1 N–H and O–H groups in total. The Hall–Kier alpha value is -1.82. The lowest BCUT2D eigenvalue weighted by Gasteiger charge is -2.13. The number of anilines is 1. The first-order valence-electron chi connectivity index (χ1n) is 7.85. The summed E-state index contributed by atoms with van der Waals surface area (Å²) < 4.78 is 0. The molecule has 1 aromatic rings. The Kier molecular flexibility index (Phi) is 5.82. The Balaban J connectivity index is 2.04. The van der Waals surface area contributed by atoms with Gasteiger partial charge in [0.2, 0.25) is 11.8 Å². The molecule has 1 aromatic carbocycles. The predicted octanol–water partition coefficient (Wildman–Crippen LogP) is 2.97. The fraction of sp³-hybridized carbons (Fsp3) is 0.471. The van der Waals surface area contributed by atoms with Crippen molar-refractivity contribution in [3.05, 3.63) is 29.3 Å². The smallest absolute Gasteiger partial charge is 0.242 e. The van der Waals surface area contributed by atoms with Crippen LogP contribution in [0.15, 0.2) is 23.2 Å². The zero-order valence-corrected chi connectivity index (χ0v) is 14.9. The Morgan fingerprint density at radius 3 is 2.74 bits per heavy atom. The molecule has 0 aliphatic carbocycles. The second kappa shape index (κ2) is 7.64. The zero-order valence-electron chi connectivity index (χ0n) is 14.0. The van der Waals surface area contributed by atoms with E-state index < -0.39 is 0 Å². The van der Waals surface area contributed by atoms with Gasteiger partial charge in [0.25, 0.3) is 0 Å². The van der Waals surface area contributed by atoms with Crippen LogP contribution in [0.2, 0.25) is 0 Å². The molecule has 1 aliphatic rings. The first-order chi connectivity index (χ1) is 11.0. The molecule has 2 amide bonds. The number of amides is 2. The molecule has 5 nitrogen and oxygen atoms in total. The third-order valence-corrected chi connectivity index (χ3v) is 4.88. The van der Waals surface area contributed by atoms with Gasteiger partial charge in [-0.15, -0.1) is 0 Å². The number of aryl methyl sites for hydroxylation is 2. The molecule has 1 fully saturated rings. The predicted molar refractivity (Wildman–Crippen MR) is 95.9 cm³/mol. The van der Waals surface area contributed by atoms with E-state index in [2.05, 4.69) is 10.3 Å². The van der Waals surface area contributed by atoms with Crippen molar-refractivity contribution in [2.24, 2.45) is 4.99 Å². The van der Waals surface area contributed by atoms with E-state index in [-0.39, 0.29) is 23.5 Å². The number of hydrogen-bond donors (Lipinski definition) is 1. The SMILES string of the molecule is CCN=C1S[C@@H](CC(=O)Nc2cc(C)ccc2C)C(=O)N1CC. The van der Waals surface area contributed by atoms with Crippen molar-refractivity contribution in [2.75, 3.05) is 18.4 Å². The van der Waals surface area contributed by atoms with E-state index in [4.69, 9.17) is 0 Å². The van der Waals surface area contributed by atoms with E-state index in [9.17, 15) is 9.59 Å². The topological polar surface area (TPSA) is 61.8 Å². The van der Waals surface area contributed by atoms with Gasteiger partial charge in [-0.05, 0) is 44.9 Å². The van der Waals surface area contributed by atoms with Crippen LogP contribution in [0, 0.1) is 13.8 Å². The van der Waals surface area contributed by atoms with Crippen LogP contribution in [-0.4, -0.2) is 40.2 Å². The van der Waals surface area contributed by atoms with E-state index in [1.165, 1.54) is 11.8 Å². The molecule has 1 saturated heterocycles. The molecule has 1 aliphatic heterocycles.